The van der Waals surface area contributed by atoms with Crippen molar-refractivity contribution in [2.45, 2.75) is 13.3 Å². The molecular formula is C5H13ClO3Si. The van der Waals surface area contributed by atoms with Crippen molar-refractivity contribution in [3.05, 3.63) is 0 Å². The lowest BCUT2D eigenvalue weighted by molar-refractivity contribution is 0.123. The first-order chi connectivity index (χ1) is 4.68. The van der Waals surface area contributed by atoms with Crippen molar-refractivity contribution in [2.24, 2.45) is 0 Å². The molecule has 0 aromatic heterocycles. The Balaban J connectivity index is 3.58. The first kappa shape index (κ1) is 10.4. The molecule has 0 fully saturated rings. The van der Waals surface area contributed by atoms with E-state index in [2.05, 4.69) is 0 Å². The minimum Gasteiger partial charge on any atom is -0.365 e. The number of halogens is 1. The maximum absolute atomic E-state index is 5.76. The lowest BCUT2D eigenvalue weighted by atomic mass is 10.5. The van der Waals surface area contributed by atoms with Crippen LogP contribution in [-0.2, 0) is 13.3 Å². The van der Waals surface area contributed by atoms with Gasteiger partial charge in [0.2, 0.25) is 0 Å². The quantitative estimate of drug-likeness (QED) is 0.478. The van der Waals surface area contributed by atoms with E-state index >= 15 is 0 Å². The van der Waals surface area contributed by atoms with Crippen molar-refractivity contribution in [3.8, 4) is 0 Å². The summed E-state index contributed by atoms with van der Waals surface area (Å²) in [7, 11) is 0.223. The molecule has 0 unspecified atom stereocenters. The summed E-state index contributed by atoms with van der Waals surface area (Å²) in [5.41, 5.74) is 0. The van der Waals surface area contributed by atoms with Crippen LogP contribution in [0.4, 0.5) is 0 Å². The highest BCUT2D eigenvalue weighted by Crippen LogP contribution is 2.11. The molecule has 0 saturated heterocycles. The monoisotopic (exact) mass is 184 g/mol. The third-order valence-corrected chi connectivity index (χ3v) is 3.74. The van der Waals surface area contributed by atoms with Gasteiger partial charge in [-0.2, -0.15) is 0 Å². The molecule has 0 aromatic carbocycles. The van der Waals surface area contributed by atoms with Gasteiger partial charge in [-0.25, -0.2) is 0 Å². The van der Waals surface area contributed by atoms with E-state index in [0.29, 0.717) is 6.61 Å². The van der Waals surface area contributed by atoms with Gasteiger partial charge in [0.05, 0.1) is 0 Å². The normalized spacial score (nSPS) is 12.0. The molecule has 0 aliphatic carbocycles. The summed E-state index contributed by atoms with van der Waals surface area (Å²) >= 11 is 5.76. The van der Waals surface area contributed by atoms with Gasteiger partial charge in [-0.1, -0.05) is 18.0 Å². The highest BCUT2D eigenvalue weighted by molar-refractivity contribution is 7.09. The minimum absolute atomic E-state index is 0.581. The average molecular weight is 185 g/mol. The lowest BCUT2D eigenvalue weighted by Crippen LogP contribution is -2.37. The van der Waals surface area contributed by atoms with Crippen LogP contribution in [-0.4, -0.2) is 28.9 Å². The fourth-order valence-corrected chi connectivity index (χ4v) is 1.51. The van der Waals surface area contributed by atoms with E-state index in [9.17, 15) is 0 Å². The Morgan fingerprint density at radius 3 is 2.10 bits per heavy atom. The SMILES string of the molecule is CCCO[Si](Cl)(OC)OC. The van der Waals surface area contributed by atoms with Crippen LogP contribution in [0.5, 0.6) is 0 Å². The zero-order valence-electron chi connectivity index (χ0n) is 6.52. The van der Waals surface area contributed by atoms with Gasteiger partial charge in [-0.05, 0) is 6.42 Å². The van der Waals surface area contributed by atoms with Gasteiger partial charge in [-0.15, -0.1) is 0 Å². The van der Waals surface area contributed by atoms with Crippen molar-refractivity contribution >= 4 is 19.2 Å². The number of hydrogen-bond donors (Lipinski definition) is 0. The molecule has 0 spiro atoms. The van der Waals surface area contributed by atoms with Crippen molar-refractivity contribution in [2.75, 3.05) is 20.8 Å². The van der Waals surface area contributed by atoms with Gasteiger partial charge in [-0.3, -0.25) is 0 Å². The molecule has 5 heteroatoms. The molecule has 0 atom stereocenters. The van der Waals surface area contributed by atoms with Crippen LogP contribution >= 0.6 is 11.1 Å². The Labute approximate surface area is 67.3 Å². The molecule has 0 aromatic rings. The molecule has 10 heavy (non-hydrogen) atoms. The summed E-state index contributed by atoms with van der Waals surface area (Å²) in [4.78, 5) is 0. The molecule has 0 saturated carbocycles. The fourth-order valence-electron chi connectivity index (χ4n) is 0.425. The van der Waals surface area contributed by atoms with E-state index < -0.39 is 8.11 Å². The third-order valence-electron chi connectivity index (χ3n) is 0.966. The third kappa shape index (κ3) is 3.53. The molecule has 0 heterocycles. The van der Waals surface area contributed by atoms with Gasteiger partial charge in [0.25, 0.3) is 0 Å². The number of hydrogen-bond acceptors (Lipinski definition) is 3. The standard InChI is InChI=1S/C5H13ClO3Si/c1-4-5-9-10(6,7-2)8-3/h4-5H2,1-3H3. The first-order valence-corrected chi connectivity index (χ1v) is 5.85. The second kappa shape index (κ2) is 5.09. The van der Waals surface area contributed by atoms with Crippen molar-refractivity contribution < 1.29 is 13.3 Å². The van der Waals surface area contributed by atoms with Crippen molar-refractivity contribution in [3.63, 3.8) is 0 Å². The second-order valence-electron chi connectivity index (χ2n) is 1.74. The van der Waals surface area contributed by atoms with Gasteiger partial charge in [0.15, 0.2) is 0 Å². The van der Waals surface area contributed by atoms with Crippen LogP contribution in [0.3, 0.4) is 0 Å². The van der Waals surface area contributed by atoms with Crippen LogP contribution in [0, 0.1) is 0 Å². The highest BCUT2D eigenvalue weighted by Gasteiger charge is 2.36. The van der Waals surface area contributed by atoms with Crippen LogP contribution in [0.25, 0.3) is 0 Å². The van der Waals surface area contributed by atoms with E-state index in [1.165, 1.54) is 14.2 Å². The summed E-state index contributed by atoms with van der Waals surface area (Å²) in [5.74, 6) is 0. The Bertz CT molecular complexity index is 87.0. The van der Waals surface area contributed by atoms with Crippen molar-refractivity contribution in [1.82, 2.24) is 0 Å². The molecule has 3 nitrogen and oxygen atoms in total. The average Bonchev–Trinajstić information content (AvgIpc) is 2.00. The maximum Gasteiger partial charge on any atom is 0.612 e. The van der Waals surface area contributed by atoms with Gasteiger partial charge in [0, 0.05) is 20.8 Å². The topological polar surface area (TPSA) is 27.7 Å². The van der Waals surface area contributed by atoms with Gasteiger partial charge in [0.1, 0.15) is 0 Å². The van der Waals surface area contributed by atoms with E-state index in [4.69, 9.17) is 24.4 Å². The van der Waals surface area contributed by atoms with E-state index in [0.717, 1.165) is 6.42 Å². The largest absolute Gasteiger partial charge is 0.612 e. The maximum atomic E-state index is 5.76. The molecule has 0 aliphatic rings. The van der Waals surface area contributed by atoms with Crippen molar-refractivity contribution in [1.29, 1.82) is 0 Å². The smallest absolute Gasteiger partial charge is 0.365 e. The first-order valence-electron chi connectivity index (χ1n) is 3.11. The predicted octanol–water partition coefficient (Wildman–Crippen LogP) is 1.38. The molecule has 0 radical (unpaired) electrons. The highest BCUT2D eigenvalue weighted by atomic mass is 35.6. The summed E-state index contributed by atoms with van der Waals surface area (Å²) in [5, 5.41) is 0. The molecule has 62 valence electrons. The Morgan fingerprint density at radius 2 is 1.80 bits per heavy atom. The predicted molar refractivity (Wildman–Crippen MR) is 41.9 cm³/mol. The van der Waals surface area contributed by atoms with Gasteiger partial charge >= 0.3 is 8.11 Å². The van der Waals surface area contributed by atoms with E-state index in [1.54, 1.807) is 0 Å². The van der Waals surface area contributed by atoms with Crippen LogP contribution in [0.1, 0.15) is 13.3 Å². The summed E-state index contributed by atoms with van der Waals surface area (Å²) in [6, 6.07) is 0. The van der Waals surface area contributed by atoms with Gasteiger partial charge < -0.3 is 13.3 Å². The summed E-state index contributed by atoms with van der Waals surface area (Å²) < 4.78 is 14.8. The Kier molecular flexibility index (Phi) is 5.29. The minimum atomic E-state index is -2.75. The van der Waals surface area contributed by atoms with E-state index in [1.807, 2.05) is 6.92 Å². The molecule has 0 amide bonds. The van der Waals surface area contributed by atoms with Crippen LogP contribution in [0.15, 0.2) is 0 Å². The molecule has 0 N–H and O–H groups in total. The zero-order valence-corrected chi connectivity index (χ0v) is 8.27. The molecular weight excluding hydrogens is 172 g/mol. The Morgan fingerprint density at radius 1 is 1.30 bits per heavy atom. The fraction of sp³-hybridized carbons (Fsp3) is 1.00. The lowest BCUT2D eigenvalue weighted by Gasteiger charge is -2.17. The molecule has 0 rings (SSSR count). The molecule has 0 bridgehead atoms. The molecule has 0 aliphatic heterocycles. The van der Waals surface area contributed by atoms with Crippen LogP contribution in [0.2, 0.25) is 0 Å². The second-order valence-corrected chi connectivity index (χ2v) is 5.19. The zero-order chi connectivity index (χ0) is 8.04. The summed E-state index contributed by atoms with van der Waals surface area (Å²) in [6.45, 7) is 2.58. The number of rotatable bonds is 5. The Hall–Kier alpha value is 0.387. The summed E-state index contributed by atoms with van der Waals surface area (Å²) in [6.07, 6.45) is 0.911. The van der Waals surface area contributed by atoms with Crippen LogP contribution < -0.4 is 0 Å². The van der Waals surface area contributed by atoms with E-state index in [-0.39, 0.29) is 0 Å².